The van der Waals surface area contributed by atoms with Crippen LogP contribution in [0.3, 0.4) is 0 Å². The van der Waals surface area contributed by atoms with Crippen LogP contribution in [-0.4, -0.2) is 17.7 Å². The molecule has 2 aromatic rings. The van der Waals surface area contributed by atoms with Crippen molar-refractivity contribution in [3.63, 3.8) is 0 Å². The number of carbonyl (C=O) groups is 1. The van der Waals surface area contributed by atoms with Crippen molar-refractivity contribution in [2.45, 2.75) is 20.4 Å². The first kappa shape index (κ1) is 17.7. The van der Waals surface area contributed by atoms with Crippen molar-refractivity contribution in [3.05, 3.63) is 58.9 Å². The molecule has 4 nitrogen and oxygen atoms in total. The van der Waals surface area contributed by atoms with Crippen LogP contribution in [0.25, 0.3) is 0 Å². The predicted octanol–water partition coefficient (Wildman–Crippen LogP) is 3.54. The average molecular weight is 338 g/mol. The van der Waals surface area contributed by atoms with Crippen LogP contribution in [0.2, 0.25) is 0 Å². The van der Waals surface area contributed by atoms with Crippen molar-refractivity contribution in [2.75, 3.05) is 11.6 Å². The number of rotatable bonds is 2. The van der Waals surface area contributed by atoms with Gasteiger partial charge < -0.3 is 15.3 Å². The quantitative estimate of drug-likeness (QED) is 0.881. The summed E-state index contributed by atoms with van der Waals surface area (Å²) in [5.41, 5.74) is 0.343. The molecule has 0 unspecified atom stereocenters. The lowest BCUT2D eigenvalue weighted by Gasteiger charge is -2.31. The molecule has 128 valence electrons. The molecule has 1 aliphatic heterocycles. The Morgan fingerprint density at radius 3 is 2.38 bits per heavy atom. The molecule has 3 rings (SSSR count). The minimum atomic E-state index is -0.991. The lowest BCUT2D eigenvalue weighted by molar-refractivity contribution is 0.0947. The second kappa shape index (κ2) is 7.25. The van der Waals surface area contributed by atoms with Crippen molar-refractivity contribution in [2.24, 2.45) is 0 Å². The zero-order valence-corrected chi connectivity index (χ0v) is 13.2. The smallest absolute Gasteiger partial charge is 0.254 e. The number of nitrogens with one attached hydrogen (secondary N) is 1. The number of hydrogen-bond acceptors (Lipinski definition) is 3. The van der Waals surface area contributed by atoms with Gasteiger partial charge in [-0.25, -0.2) is 13.2 Å². The lowest BCUT2D eigenvalue weighted by atomic mass is 10.1. The Hall–Kier alpha value is -2.70. The van der Waals surface area contributed by atoms with Gasteiger partial charge in [-0.05, 0) is 18.2 Å². The maximum absolute atomic E-state index is 13.7. The molecule has 0 radical (unpaired) electrons. The molecule has 0 aromatic heterocycles. The molecule has 2 aromatic carbocycles. The van der Waals surface area contributed by atoms with Crippen LogP contribution in [0.1, 0.15) is 29.8 Å². The largest absolute Gasteiger partial charge is 0.508 e. The molecule has 0 saturated carbocycles. The molecule has 24 heavy (non-hydrogen) atoms. The van der Waals surface area contributed by atoms with E-state index >= 15 is 0 Å². The zero-order valence-electron chi connectivity index (χ0n) is 13.2. The first-order valence-electron chi connectivity index (χ1n) is 7.45. The summed E-state index contributed by atoms with van der Waals surface area (Å²) in [6.45, 7) is 3.86. The molecule has 1 heterocycles. The minimum absolute atomic E-state index is 0.0485. The molecule has 0 bridgehead atoms. The van der Waals surface area contributed by atoms with E-state index in [9.17, 15) is 23.1 Å². The highest BCUT2D eigenvalue weighted by molar-refractivity contribution is 6.01. The van der Waals surface area contributed by atoms with Gasteiger partial charge in [0.05, 0.1) is 24.5 Å². The highest BCUT2D eigenvalue weighted by atomic mass is 19.1. The summed E-state index contributed by atoms with van der Waals surface area (Å²) in [5, 5.41) is 12.0. The van der Waals surface area contributed by atoms with E-state index in [1.165, 1.54) is 23.1 Å². The van der Waals surface area contributed by atoms with Crippen LogP contribution in [0.5, 0.6) is 5.75 Å². The Bertz CT molecular complexity index is 742. The van der Waals surface area contributed by atoms with E-state index in [1.807, 2.05) is 13.8 Å². The fraction of sp³-hybridized carbons (Fsp3) is 0.235. The summed E-state index contributed by atoms with van der Waals surface area (Å²) in [5.74, 6) is -3.45. The second-order valence-corrected chi connectivity index (χ2v) is 4.91. The molecule has 2 N–H and O–H groups in total. The van der Waals surface area contributed by atoms with E-state index in [2.05, 4.69) is 5.32 Å². The minimum Gasteiger partial charge on any atom is -0.508 e. The van der Waals surface area contributed by atoms with Gasteiger partial charge in [0, 0.05) is 17.7 Å². The Kier molecular flexibility index (Phi) is 5.33. The van der Waals surface area contributed by atoms with Crippen LogP contribution in [0.15, 0.2) is 30.3 Å². The number of nitrogens with zero attached hydrogens (tertiary/aromatic N) is 1. The molecule has 1 aliphatic rings. The van der Waals surface area contributed by atoms with Crippen LogP contribution < -0.4 is 10.2 Å². The molecule has 0 fully saturated rings. The number of carbonyl (C=O) groups excluding carboxylic acids is 1. The van der Waals surface area contributed by atoms with Crippen molar-refractivity contribution < 1.29 is 23.1 Å². The fourth-order valence-electron chi connectivity index (χ4n) is 2.38. The van der Waals surface area contributed by atoms with Gasteiger partial charge in [0.25, 0.3) is 5.91 Å². The van der Waals surface area contributed by atoms with Gasteiger partial charge in [-0.3, -0.25) is 4.79 Å². The normalized spacial score (nSPS) is 12.9. The number of hydrogen-bond donors (Lipinski definition) is 2. The van der Waals surface area contributed by atoms with Crippen LogP contribution in [0.4, 0.5) is 18.9 Å². The SMILES string of the molecule is CC.O=C1NCN(Cc2c(F)cc(F)cc2F)c2ccc(O)cc21. The summed E-state index contributed by atoms with van der Waals surface area (Å²) in [4.78, 5) is 13.3. The molecule has 0 spiro atoms. The first-order chi connectivity index (χ1) is 11.5. The second-order valence-electron chi connectivity index (χ2n) is 4.91. The molecular weight excluding hydrogens is 321 g/mol. The number of phenols is 1. The summed E-state index contributed by atoms with van der Waals surface area (Å²) >= 11 is 0. The summed E-state index contributed by atoms with van der Waals surface area (Å²) < 4.78 is 40.4. The average Bonchev–Trinajstić information content (AvgIpc) is 2.55. The number of phenolic OH excluding ortho intramolecular Hbond substituents is 1. The molecule has 0 atom stereocenters. The Morgan fingerprint density at radius 2 is 1.75 bits per heavy atom. The Balaban J connectivity index is 0.00000100. The number of amides is 1. The van der Waals surface area contributed by atoms with Crippen LogP contribution >= 0.6 is 0 Å². The predicted molar refractivity (Wildman–Crippen MR) is 84.3 cm³/mol. The fourth-order valence-corrected chi connectivity index (χ4v) is 2.38. The molecule has 0 saturated heterocycles. The van der Waals surface area contributed by atoms with E-state index in [0.717, 1.165) is 0 Å². The van der Waals surface area contributed by atoms with E-state index in [0.29, 0.717) is 17.8 Å². The monoisotopic (exact) mass is 338 g/mol. The maximum atomic E-state index is 13.7. The number of benzene rings is 2. The van der Waals surface area contributed by atoms with Crippen LogP contribution in [-0.2, 0) is 6.54 Å². The lowest BCUT2D eigenvalue weighted by Crippen LogP contribution is -2.43. The van der Waals surface area contributed by atoms with Gasteiger partial charge in [0.1, 0.15) is 23.2 Å². The van der Waals surface area contributed by atoms with E-state index in [1.54, 1.807) is 0 Å². The summed E-state index contributed by atoms with van der Waals surface area (Å²) in [7, 11) is 0. The molecule has 7 heteroatoms. The summed E-state index contributed by atoms with van der Waals surface area (Å²) in [6.07, 6.45) is 0. The summed E-state index contributed by atoms with van der Waals surface area (Å²) in [6, 6.07) is 5.36. The van der Waals surface area contributed by atoms with Crippen molar-refractivity contribution >= 4 is 11.6 Å². The van der Waals surface area contributed by atoms with Gasteiger partial charge in [0.2, 0.25) is 0 Å². The highest BCUT2D eigenvalue weighted by Gasteiger charge is 2.25. The molecule has 1 amide bonds. The molecule has 0 aliphatic carbocycles. The van der Waals surface area contributed by atoms with Gasteiger partial charge in [-0.1, -0.05) is 13.8 Å². The van der Waals surface area contributed by atoms with Crippen molar-refractivity contribution in [3.8, 4) is 5.75 Å². The standard InChI is InChI=1S/C15H11F3N2O2.C2H6/c16-8-3-12(17)11(13(18)4-8)6-20-7-19-15(22)10-5-9(21)1-2-14(10)20;1-2/h1-5,21H,6-7H2,(H,19,22);1-2H3. The topological polar surface area (TPSA) is 52.6 Å². The molecular formula is C17H17F3N2O2. The Labute approximate surface area is 137 Å². The van der Waals surface area contributed by atoms with Gasteiger partial charge in [-0.15, -0.1) is 0 Å². The van der Waals surface area contributed by atoms with E-state index in [-0.39, 0.29) is 36.0 Å². The van der Waals surface area contributed by atoms with Crippen molar-refractivity contribution in [1.29, 1.82) is 0 Å². The first-order valence-corrected chi connectivity index (χ1v) is 7.45. The number of halogens is 3. The van der Waals surface area contributed by atoms with Crippen molar-refractivity contribution in [1.82, 2.24) is 5.32 Å². The third kappa shape index (κ3) is 3.45. The third-order valence-electron chi connectivity index (χ3n) is 3.45. The third-order valence-corrected chi connectivity index (χ3v) is 3.45. The van der Waals surface area contributed by atoms with Crippen LogP contribution in [0, 0.1) is 17.5 Å². The Morgan fingerprint density at radius 1 is 1.12 bits per heavy atom. The van der Waals surface area contributed by atoms with E-state index in [4.69, 9.17) is 0 Å². The number of aromatic hydroxyl groups is 1. The number of fused-ring (bicyclic) bond motifs is 1. The van der Waals surface area contributed by atoms with E-state index < -0.39 is 17.5 Å². The highest BCUT2D eigenvalue weighted by Crippen LogP contribution is 2.29. The number of anilines is 1. The maximum Gasteiger partial charge on any atom is 0.254 e. The van der Waals surface area contributed by atoms with Gasteiger partial charge >= 0.3 is 0 Å². The zero-order chi connectivity index (χ0) is 17.9. The van der Waals surface area contributed by atoms with Gasteiger partial charge in [-0.2, -0.15) is 0 Å². The van der Waals surface area contributed by atoms with Gasteiger partial charge in [0.15, 0.2) is 0 Å².